The van der Waals surface area contributed by atoms with Gasteiger partial charge in [-0.1, -0.05) is 66.2 Å². The molecule has 1 aliphatic carbocycles. The van der Waals surface area contributed by atoms with Gasteiger partial charge in [-0.2, -0.15) is 0 Å². The first-order chi connectivity index (χ1) is 16.4. The number of carbonyl (C=O) groups is 4. The number of imide groups is 1. The number of Topliss-reactive ketones (excluding diaryl/α,β-unsaturated/α-hetero) is 2. The summed E-state index contributed by atoms with van der Waals surface area (Å²) in [5, 5.41) is 0. The molecular formula is C27H18FNO5. The highest BCUT2D eigenvalue weighted by atomic mass is 19.1. The molecule has 1 spiro atoms. The summed E-state index contributed by atoms with van der Waals surface area (Å²) in [6, 6.07) is 18.8. The Labute approximate surface area is 193 Å². The van der Waals surface area contributed by atoms with Crippen LogP contribution >= 0.6 is 0 Å². The van der Waals surface area contributed by atoms with Gasteiger partial charge < -0.3 is 4.74 Å². The van der Waals surface area contributed by atoms with Gasteiger partial charge in [0.25, 0.3) is 0 Å². The lowest BCUT2D eigenvalue weighted by molar-refractivity contribution is -0.127. The second-order valence-corrected chi connectivity index (χ2v) is 8.86. The standard InChI is InChI=1S/C27H18FNO5/c1-14-10-12-15(13-11-14)22-20-21(26(33)29(25(20)32)19-9-5-4-8-18(19)28)27(34-22)23(30)16-6-2-3-7-17(16)24(27)31/h2-13,20-22H,1H3/t20-,21+,22-/m1/s1. The van der Waals surface area contributed by atoms with Gasteiger partial charge in [0.1, 0.15) is 5.82 Å². The lowest BCUT2D eigenvalue weighted by Crippen LogP contribution is -2.51. The maximum absolute atomic E-state index is 14.7. The highest BCUT2D eigenvalue weighted by molar-refractivity contribution is 6.37. The number of rotatable bonds is 2. The van der Waals surface area contributed by atoms with Crippen LogP contribution in [0.3, 0.4) is 0 Å². The van der Waals surface area contributed by atoms with E-state index >= 15 is 0 Å². The first-order valence-electron chi connectivity index (χ1n) is 10.9. The summed E-state index contributed by atoms with van der Waals surface area (Å²) >= 11 is 0. The maximum atomic E-state index is 14.7. The number of halogens is 1. The molecule has 3 aromatic carbocycles. The third kappa shape index (κ3) is 2.47. The Kier molecular flexibility index (Phi) is 4.25. The van der Waals surface area contributed by atoms with Crippen LogP contribution in [0.4, 0.5) is 10.1 Å². The topological polar surface area (TPSA) is 80.8 Å². The van der Waals surface area contributed by atoms with E-state index in [1.54, 1.807) is 24.3 Å². The number of ketones is 2. The van der Waals surface area contributed by atoms with Gasteiger partial charge in [0.05, 0.1) is 23.6 Å². The summed E-state index contributed by atoms with van der Waals surface area (Å²) in [4.78, 5) is 55.5. The molecular weight excluding hydrogens is 437 g/mol. The highest BCUT2D eigenvalue weighted by Gasteiger charge is 2.74. The largest absolute Gasteiger partial charge is 0.349 e. The molecule has 6 rings (SSSR count). The fraction of sp³-hybridized carbons (Fsp3) is 0.185. The number of aryl methyl sites for hydroxylation is 1. The van der Waals surface area contributed by atoms with Crippen molar-refractivity contribution in [1.29, 1.82) is 0 Å². The lowest BCUT2D eigenvalue weighted by Gasteiger charge is -2.27. The predicted molar refractivity (Wildman–Crippen MR) is 119 cm³/mol. The van der Waals surface area contributed by atoms with Gasteiger partial charge >= 0.3 is 0 Å². The summed E-state index contributed by atoms with van der Waals surface area (Å²) in [6.07, 6.45) is -1.03. The number of ether oxygens (including phenoxy) is 1. The molecule has 0 N–H and O–H groups in total. The van der Waals surface area contributed by atoms with E-state index in [-0.39, 0.29) is 16.8 Å². The minimum absolute atomic E-state index is 0.153. The van der Waals surface area contributed by atoms with Crippen molar-refractivity contribution in [3.05, 3.63) is 101 Å². The third-order valence-electron chi connectivity index (χ3n) is 7.02. The van der Waals surface area contributed by atoms with Gasteiger partial charge in [-0.15, -0.1) is 0 Å². The lowest BCUT2D eigenvalue weighted by atomic mass is 9.77. The third-order valence-corrected chi connectivity index (χ3v) is 7.02. The minimum atomic E-state index is -2.17. The average Bonchev–Trinajstić information content (AvgIpc) is 3.40. The zero-order valence-corrected chi connectivity index (χ0v) is 18.0. The first kappa shape index (κ1) is 20.6. The van der Waals surface area contributed by atoms with Crippen LogP contribution in [-0.2, 0) is 14.3 Å². The van der Waals surface area contributed by atoms with E-state index in [9.17, 15) is 23.6 Å². The number of carbonyl (C=O) groups excluding carboxylic acids is 4. The highest BCUT2D eigenvalue weighted by Crippen LogP contribution is 2.57. The minimum Gasteiger partial charge on any atom is -0.349 e. The molecule has 2 aliphatic heterocycles. The van der Waals surface area contributed by atoms with Crippen LogP contribution in [0.1, 0.15) is 37.9 Å². The van der Waals surface area contributed by atoms with Crippen molar-refractivity contribution in [2.75, 3.05) is 4.90 Å². The van der Waals surface area contributed by atoms with E-state index in [1.165, 1.54) is 30.3 Å². The van der Waals surface area contributed by atoms with E-state index in [2.05, 4.69) is 0 Å². The Morgan fingerprint density at radius 3 is 2.00 bits per heavy atom. The monoisotopic (exact) mass is 455 g/mol. The van der Waals surface area contributed by atoms with Gasteiger partial charge in [-0.05, 0) is 24.6 Å². The van der Waals surface area contributed by atoms with Crippen LogP contribution < -0.4 is 4.90 Å². The molecule has 0 bridgehead atoms. The molecule has 34 heavy (non-hydrogen) atoms. The Morgan fingerprint density at radius 2 is 1.38 bits per heavy atom. The number of fused-ring (bicyclic) bond motifs is 3. The Balaban J connectivity index is 1.56. The van der Waals surface area contributed by atoms with Gasteiger partial charge in [-0.25, -0.2) is 9.29 Å². The molecule has 2 heterocycles. The number of anilines is 1. The van der Waals surface area contributed by atoms with E-state index in [1.807, 2.05) is 19.1 Å². The maximum Gasteiger partial charge on any atom is 0.241 e. The predicted octanol–water partition coefficient (Wildman–Crippen LogP) is 3.83. The number of nitrogens with zero attached hydrogens (tertiary/aromatic N) is 1. The van der Waals surface area contributed by atoms with Crippen LogP contribution in [0.2, 0.25) is 0 Å². The van der Waals surface area contributed by atoms with Crippen LogP contribution in [0.5, 0.6) is 0 Å². The van der Waals surface area contributed by atoms with Crippen molar-refractivity contribution in [1.82, 2.24) is 0 Å². The van der Waals surface area contributed by atoms with Gasteiger partial charge in [0.2, 0.25) is 29.0 Å². The van der Waals surface area contributed by atoms with Crippen LogP contribution in [0, 0.1) is 24.6 Å². The number of para-hydroxylation sites is 1. The second kappa shape index (κ2) is 7.01. The summed E-state index contributed by atoms with van der Waals surface area (Å²) < 4.78 is 20.9. The Hall–Kier alpha value is -3.97. The normalized spacial score (nSPS) is 24.8. The van der Waals surface area contributed by atoms with Crippen LogP contribution in [0.15, 0.2) is 72.8 Å². The van der Waals surface area contributed by atoms with E-state index in [0.717, 1.165) is 16.5 Å². The summed E-state index contributed by atoms with van der Waals surface area (Å²) in [5.41, 5.74) is -0.543. The molecule has 2 amide bonds. The van der Waals surface area contributed by atoms with E-state index in [4.69, 9.17) is 4.74 Å². The number of hydrogen-bond donors (Lipinski definition) is 0. The fourth-order valence-electron chi connectivity index (χ4n) is 5.44. The molecule has 0 radical (unpaired) electrons. The number of amides is 2. The smallest absolute Gasteiger partial charge is 0.241 e. The first-order valence-corrected chi connectivity index (χ1v) is 10.9. The van der Waals surface area contributed by atoms with Crippen LogP contribution in [0.25, 0.3) is 0 Å². The van der Waals surface area contributed by atoms with Crippen molar-refractivity contribution in [2.24, 2.45) is 11.8 Å². The van der Waals surface area contributed by atoms with Crippen molar-refractivity contribution < 1.29 is 28.3 Å². The van der Waals surface area contributed by atoms with Crippen molar-refractivity contribution in [3.8, 4) is 0 Å². The zero-order valence-electron chi connectivity index (χ0n) is 18.0. The van der Waals surface area contributed by atoms with Gasteiger partial charge in [-0.3, -0.25) is 19.2 Å². The SMILES string of the molecule is Cc1ccc([C@H]2OC3(C(=O)c4ccccc4C3=O)[C@@H]3C(=O)N(c4ccccc4F)C(=O)[C@@H]23)cc1. The molecule has 3 aromatic rings. The second-order valence-electron chi connectivity index (χ2n) is 8.86. The molecule has 0 aromatic heterocycles. The van der Waals surface area contributed by atoms with Crippen molar-refractivity contribution in [3.63, 3.8) is 0 Å². The molecule has 3 atom stereocenters. The molecule has 168 valence electrons. The number of hydrogen-bond acceptors (Lipinski definition) is 5. The molecule has 2 fully saturated rings. The average molecular weight is 455 g/mol. The fourth-order valence-corrected chi connectivity index (χ4v) is 5.44. The molecule has 7 heteroatoms. The van der Waals surface area contributed by atoms with Crippen LogP contribution in [-0.4, -0.2) is 29.0 Å². The molecule has 0 saturated carbocycles. The van der Waals surface area contributed by atoms with Crippen molar-refractivity contribution in [2.45, 2.75) is 18.6 Å². The van der Waals surface area contributed by atoms with E-state index < -0.39 is 52.7 Å². The van der Waals surface area contributed by atoms with Gasteiger partial charge in [0, 0.05) is 11.1 Å². The summed E-state index contributed by atoms with van der Waals surface area (Å²) in [5.74, 6) is -6.11. The quantitative estimate of drug-likeness (QED) is 0.433. The molecule has 3 aliphatic rings. The van der Waals surface area contributed by atoms with Crippen molar-refractivity contribution >= 4 is 29.1 Å². The summed E-state index contributed by atoms with van der Waals surface area (Å²) in [7, 11) is 0. The Bertz CT molecular complexity index is 1380. The van der Waals surface area contributed by atoms with E-state index in [0.29, 0.717) is 5.56 Å². The Morgan fingerprint density at radius 1 is 0.794 bits per heavy atom. The molecule has 6 nitrogen and oxygen atoms in total. The van der Waals surface area contributed by atoms with Gasteiger partial charge in [0.15, 0.2) is 0 Å². The summed E-state index contributed by atoms with van der Waals surface area (Å²) in [6.45, 7) is 1.90. The number of benzene rings is 3. The molecule has 0 unspecified atom stereocenters. The zero-order chi connectivity index (χ0) is 23.8. The molecule has 2 saturated heterocycles.